The van der Waals surface area contributed by atoms with Gasteiger partial charge in [0.15, 0.2) is 0 Å². The average Bonchev–Trinajstić information content (AvgIpc) is 3.49. The fourth-order valence-electron chi connectivity index (χ4n) is 3.98. The van der Waals surface area contributed by atoms with Crippen LogP contribution in [0.2, 0.25) is 0 Å². The molecule has 1 saturated heterocycles. The normalized spacial score (nSPS) is 23.3. The summed E-state index contributed by atoms with van der Waals surface area (Å²) in [4.78, 5) is 11.4. The molecule has 3 aliphatic rings. The Bertz CT molecular complexity index is 834. The zero-order chi connectivity index (χ0) is 18.4. The van der Waals surface area contributed by atoms with Crippen molar-refractivity contribution < 1.29 is 9.13 Å². The maximum absolute atomic E-state index is 13.6. The molecule has 1 saturated carbocycles. The van der Waals surface area contributed by atoms with E-state index in [4.69, 9.17) is 10.5 Å². The van der Waals surface area contributed by atoms with E-state index >= 15 is 0 Å². The van der Waals surface area contributed by atoms with Crippen LogP contribution in [0.3, 0.4) is 0 Å². The van der Waals surface area contributed by atoms with Gasteiger partial charge in [0.25, 0.3) is 0 Å². The Morgan fingerprint density at radius 1 is 1.22 bits per heavy atom. The van der Waals surface area contributed by atoms with Gasteiger partial charge >= 0.3 is 0 Å². The van der Waals surface area contributed by atoms with E-state index < -0.39 is 5.60 Å². The lowest BCUT2D eigenvalue weighted by atomic mass is 9.83. The van der Waals surface area contributed by atoms with Crippen LogP contribution in [0.4, 0.5) is 10.2 Å². The van der Waals surface area contributed by atoms with Crippen molar-refractivity contribution in [2.75, 3.05) is 23.7 Å². The second kappa shape index (κ2) is 6.63. The maximum atomic E-state index is 13.6. The molecule has 27 heavy (non-hydrogen) atoms. The Kier molecular flexibility index (Phi) is 4.24. The SMILES string of the molecule is N[C@@H]1c2cc(F)ccc2OC12CCN(c1cnc(SCC3CC3)cn1)CC2. The van der Waals surface area contributed by atoms with Crippen molar-refractivity contribution in [3.05, 3.63) is 42.0 Å². The summed E-state index contributed by atoms with van der Waals surface area (Å²) in [5, 5.41) is 0.998. The molecule has 5 rings (SSSR count). The van der Waals surface area contributed by atoms with Gasteiger partial charge in [0.05, 0.1) is 18.4 Å². The molecule has 0 bridgehead atoms. The molecular formula is C20H23FN4OS. The summed E-state index contributed by atoms with van der Waals surface area (Å²) in [5.41, 5.74) is 6.78. The van der Waals surface area contributed by atoms with Crippen LogP contribution in [0.5, 0.6) is 5.75 Å². The van der Waals surface area contributed by atoms with E-state index in [2.05, 4.69) is 14.9 Å². The van der Waals surface area contributed by atoms with Crippen LogP contribution in [-0.2, 0) is 0 Å². The third kappa shape index (κ3) is 3.27. The third-order valence-electron chi connectivity index (χ3n) is 5.90. The molecule has 0 unspecified atom stereocenters. The lowest BCUT2D eigenvalue weighted by Gasteiger charge is -2.41. The molecule has 0 radical (unpaired) electrons. The summed E-state index contributed by atoms with van der Waals surface area (Å²) in [5.74, 6) is 3.38. The summed E-state index contributed by atoms with van der Waals surface area (Å²) in [6.07, 6.45) is 8.02. The van der Waals surface area contributed by atoms with Crippen molar-refractivity contribution in [1.29, 1.82) is 0 Å². The lowest BCUT2D eigenvalue weighted by Crippen LogP contribution is -2.51. The van der Waals surface area contributed by atoms with Gasteiger partial charge in [-0.1, -0.05) is 0 Å². The predicted molar refractivity (Wildman–Crippen MR) is 104 cm³/mol. The molecule has 1 spiro atoms. The van der Waals surface area contributed by atoms with E-state index in [9.17, 15) is 4.39 Å². The molecule has 1 aliphatic carbocycles. The molecule has 3 heterocycles. The molecule has 2 aliphatic heterocycles. The third-order valence-corrected chi connectivity index (χ3v) is 7.04. The minimum atomic E-state index is -0.444. The van der Waals surface area contributed by atoms with E-state index in [1.165, 1.54) is 25.0 Å². The fraction of sp³-hybridized carbons (Fsp3) is 0.500. The van der Waals surface area contributed by atoms with Gasteiger partial charge in [-0.2, -0.15) is 0 Å². The minimum absolute atomic E-state index is 0.266. The van der Waals surface area contributed by atoms with Crippen LogP contribution in [0.25, 0.3) is 0 Å². The van der Waals surface area contributed by atoms with E-state index in [0.29, 0.717) is 5.75 Å². The van der Waals surface area contributed by atoms with E-state index in [1.807, 2.05) is 12.4 Å². The number of ether oxygens (including phenoxy) is 1. The molecule has 2 fully saturated rings. The van der Waals surface area contributed by atoms with Gasteiger partial charge in [0.1, 0.15) is 28.0 Å². The molecule has 5 nitrogen and oxygen atoms in total. The molecule has 1 atom stereocenters. The molecule has 142 valence electrons. The van der Waals surface area contributed by atoms with Gasteiger partial charge in [0, 0.05) is 37.2 Å². The van der Waals surface area contributed by atoms with Gasteiger partial charge in [-0.25, -0.2) is 14.4 Å². The van der Waals surface area contributed by atoms with Crippen LogP contribution in [0.1, 0.15) is 37.3 Å². The molecular weight excluding hydrogens is 363 g/mol. The smallest absolute Gasteiger partial charge is 0.147 e. The van der Waals surface area contributed by atoms with Gasteiger partial charge in [-0.05, 0) is 37.0 Å². The van der Waals surface area contributed by atoms with Crippen LogP contribution in [0, 0.1) is 11.7 Å². The quantitative estimate of drug-likeness (QED) is 0.811. The number of hydrogen-bond acceptors (Lipinski definition) is 6. The number of anilines is 1. The van der Waals surface area contributed by atoms with Gasteiger partial charge in [-0.3, -0.25) is 0 Å². The number of hydrogen-bond donors (Lipinski definition) is 1. The van der Waals surface area contributed by atoms with Crippen molar-refractivity contribution in [3.8, 4) is 5.75 Å². The number of fused-ring (bicyclic) bond motifs is 1. The first kappa shape index (κ1) is 17.3. The van der Waals surface area contributed by atoms with Gasteiger partial charge in [0.2, 0.25) is 0 Å². The van der Waals surface area contributed by atoms with E-state index in [-0.39, 0.29) is 11.9 Å². The average molecular weight is 386 g/mol. The number of halogens is 1. The van der Waals surface area contributed by atoms with E-state index in [0.717, 1.165) is 54.0 Å². The Balaban J connectivity index is 1.24. The Morgan fingerprint density at radius 2 is 2.04 bits per heavy atom. The summed E-state index contributed by atoms with van der Waals surface area (Å²) in [6.45, 7) is 1.60. The highest BCUT2D eigenvalue weighted by molar-refractivity contribution is 7.99. The fourth-order valence-corrected chi connectivity index (χ4v) is 4.98. The number of piperidine rings is 1. The number of thioether (sulfide) groups is 1. The van der Waals surface area contributed by atoms with Crippen LogP contribution in [0.15, 0.2) is 35.6 Å². The van der Waals surface area contributed by atoms with Crippen LogP contribution >= 0.6 is 11.8 Å². The highest BCUT2D eigenvalue weighted by atomic mass is 32.2. The molecule has 0 amide bonds. The van der Waals surface area contributed by atoms with Crippen LogP contribution in [-0.4, -0.2) is 34.4 Å². The minimum Gasteiger partial charge on any atom is -0.485 e. The first-order valence-corrected chi connectivity index (χ1v) is 10.6. The number of nitrogens with two attached hydrogens (primary N) is 1. The van der Waals surface area contributed by atoms with Crippen molar-refractivity contribution in [2.24, 2.45) is 11.7 Å². The summed E-state index contributed by atoms with van der Waals surface area (Å²) < 4.78 is 19.8. The monoisotopic (exact) mass is 386 g/mol. The van der Waals surface area contributed by atoms with Crippen molar-refractivity contribution in [2.45, 2.75) is 42.4 Å². The Labute approximate surface area is 162 Å². The largest absolute Gasteiger partial charge is 0.485 e. The van der Waals surface area contributed by atoms with Gasteiger partial charge in [-0.15, -0.1) is 11.8 Å². The topological polar surface area (TPSA) is 64.3 Å². The number of benzene rings is 1. The molecule has 2 N–H and O–H groups in total. The zero-order valence-corrected chi connectivity index (χ0v) is 15.9. The number of rotatable bonds is 4. The number of aromatic nitrogens is 2. The molecule has 1 aromatic heterocycles. The highest BCUT2D eigenvalue weighted by Crippen LogP contribution is 2.47. The first-order chi connectivity index (χ1) is 13.1. The van der Waals surface area contributed by atoms with Crippen molar-refractivity contribution in [1.82, 2.24) is 9.97 Å². The van der Waals surface area contributed by atoms with Gasteiger partial charge < -0.3 is 15.4 Å². The molecule has 2 aromatic rings. The summed E-state index contributed by atoms with van der Waals surface area (Å²) in [6, 6.07) is 4.33. The zero-order valence-electron chi connectivity index (χ0n) is 15.1. The maximum Gasteiger partial charge on any atom is 0.147 e. The Hall–Kier alpha value is -1.86. The highest BCUT2D eigenvalue weighted by Gasteiger charge is 2.48. The van der Waals surface area contributed by atoms with Crippen molar-refractivity contribution in [3.63, 3.8) is 0 Å². The van der Waals surface area contributed by atoms with Crippen molar-refractivity contribution >= 4 is 17.6 Å². The first-order valence-electron chi connectivity index (χ1n) is 9.57. The standard InChI is InChI=1S/C20H23FN4OS/c21-14-3-4-16-15(9-14)19(22)20(26-16)5-7-25(8-6-20)17-10-24-18(11-23-17)27-12-13-1-2-13/h3-4,9-11,13,19H,1-2,5-8,12,22H2/t19-/m1/s1. The van der Waals surface area contributed by atoms with E-state index in [1.54, 1.807) is 17.8 Å². The summed E-state index contributed by atoms with van der Waals surface area (Å²) in [7, 11) is 0. The molecule has 1 aromatic carbocycles. The second-order valence-corrected chi connectivity index (χ2v) is 8.82. The lowest BCUT2D eigenvalue weighted by molar-refractivity contribution is 0.0431. The second-order valence-electron chi connectivity index (χ2n) is 7.78. The Morgan fingerprint density at radius 3 is 2.74 bits per heavy atom. The van der Waals surface area contributed by atoms with Crippen LogP contribution < -0.4 is 15.4 Å². The molecule has 7 heteroatoms. The number of nitrogens with zero attached hydrogens (tertiary/aromatic N) is 3. The summed E-state index contributed by atoms with van der Waals surface area (Å²) >= 11 is 1.80. The predicted octanol–water partition coefficient (Wildman–Crippen LogP) is 3.55.